The van der Waals surface area contributed by atoms with Crippen molar-refractivity contribution in [2.45, 2.75) is 26.3 Å². The predicted octanol–water partition coefficient (Wildman–Crippen LogP) is 5.09. The average molecular weight is 361 g/mol. The summed E-state index contributed by atoms with van der Waals surface area (Å²) >= 11 is 0. The van der Waals surface area contributed by atoms with Crippen molar-refractivity contribution >= 4 is 28.2 Å². The molecule has 27 heavy (non-hydrogen) atoms. The van der Waals surface area contributed by atoms with Crippen LogP contribution in [0.4, 0.5) is 10.5 Å². The van der Waals surface area contributed by atoms with Crippen LogP contribution in [0, 0.1) is 0 Å². The second kappa shape index (κ2) is 7.50. The number of anilines is 1. The molecule has 3 aromatic rings. The molecule has 0 aromatic heterocycles. The van der Waals surface area contributed by atoms with Crippen molar-refractivity contribution in [1.82, 2.24) is 5.32 Å². The molecule has 0 bridgehead atoms. The minimum Gasteiger partial charge on any atom is -0.411 e. The van der Waals surface area contributed by atoms with E-state index in [0.717, 1.165) is 27.6 Å². The number of amides is 2. The van der Waals surface area contributed by atoms with Gasteiger partial charge < -0.3 is 15.8 Å². The zero-order chi connectivity index (χ0) is 19.4. The number of rotatable bonds is 4. The van der Waals surface area contributed by atoms with Crippen molar-refractivity contribution < 1.29 is 10.0 Å². The average Bonchev–Trinajstić information content (AvgIpc) is 2.67. The van der Waals surface area contributed by atoms with Gasteiger partial charge >= 0.3 is 6.03 Å². The van der Waals surface area contributed by atoms with Gasteiger partial charge in [0.25, 0.3) is 0 Å². The highest BCUT2D eigenvalue weighted by Gasteiger charge is 2.23. The third-order valence-corrected chi connectivity index (χ3v) is 4.59. The molecule has 0 heterocycles. The summed E-state index contributed by atoms with van der Waals surface area (Å²) in [6.45, 7) is 5.58. The molecule has 0 radical (unpaired) electrons. The molecule has 0 aliphatic rings. The fraction of sp³-hybridized carbons (Fsp3) is 0.182. The van der Waals surface area contributed by atoms with Crippen molar-refractivity contribution in [3.8, 4) is 0 Å². The van der Waals surface area contributed by atoms with E-state index in [-0.39, 0.29) is 6.03 Å². The Balaban J connectivity index is 1.75. The van der Waals surface area contributed by atoms with E-state index in [0.29, 0.717) is 5.71 Å². The third-order valence-electron chi connectivity index (χ3n) is 4.59. The molecule has 5 heteroatoms. The molecular weight excluding hydrogens is 338 g/mol. The van der Waals surface area contributed by atoms with Gasteiger partial charge in [-0.15, -0.1) is 0 Å². The molecule has 0 aliphatic heterocycles. The third kappa shape index (κ3) is 4.26. The number of hydrogen-bond acceptors (Lipinski definition) is 3. The van der Waals surface area contributed by atoms with Crippen LogP contribution in [0.3, 0.4) is 0 Å². The van der Waals surface area contributed by atoms with Gasteiger partial charge in [0, 0.05) is 5.69 Å². The number of hydrogen-bond donors (Lipinski definition) is 3. The summed E-state index contributed by atoms with van der Waals surface area (Å²) in [7, 11) is 0. The van der Waals surface area contributed by atoms with E-state index in [1.165, 1.54) is 0 Å². The van der Waals surface area contributed by atoms with E-state index >= 15 is 0 Å². The number of oxime groups is 1. The summed E-state index contributed by atoms with van der Waals surface area (Å²) in [5.41, 5.74) is 2.37. The second-order valence-corrected chi connectivity index (χ2v) is 7.03. The number of carbonyl (C=O) groups excluding carboxylic acids is 1. The lowest BCUT2D eigenvalue weighted by atomic mass is 9.92. The predicted molar refractivity (Wildman–Crippen MR) is 110 cm³/mol. The Morgan fingerprint density at radius 3 is 2.44 bits per heavy atom. The Hall–Kier alpha value is -3.34. The number of carbonyl (C=O) groups is 1. The summed E-state index contributed by atoms with van der Waals surface area (Å²) in [5, 5.41) is 20.3. The zero-order valence-electron chi connectivity index (χ0n) is 15.7. The van der Waals surface area contributed by atoms with E-state index in [2.05, 4.69) is 15.8 Å². The summed E-state index contributed by atoms with van der Waals surface area (Å²) in [6, 6.07) is 21.1. The molecule has 138 valence electrons. The fourth-order valence-electron chi connectivity index (χ4n) is 2.98. The smallest absolute Gasteiger partial charge is 0.319 e. The van der Waals surface area contributed by atoms with Gasteiger partial charge in [-0.3, -0.25) is 0 Å². The highest BCUT2D eigenvalue weighted by atomic mass is 16.4. The van der Waals surface area contributed by atoms with Gasteiger partial charge in [-0.2, -0.15) is 0 Å². The van der Waals surface area contributed by atoms with Gasteiger partial charge in [0.2, 0.25) is 0 Å². The zero-order valence-corrected chi connectivity index (χ0v) is 15.7. The first kappa shape index (κ1) is 18.5. The van der Waals surface area contributed by atoms with Crippen LogP contribution in [-0.4, -0.2) is 17.0 Å². The van der Waals surface area contributed by atoms with Gasteiger partial charge in [-0.25, -0.2) is 4.79 Å². The number of benzene rings is 3. The van der Waals surface area contributed by atoms with Crippen LogP contribution < -0.4 is 10.6 Å². The van der Waals surface area contributed by atoms with Gasteiger partial charge in [-0.05, 0) is 60.9 Å². The van der Waals surface area contributed by atoms with Gasteiger partial charge in [0.1, 0.15) is 0 Å². The maximum absolute atomic E-state index is 12.5. The first-order chi connectivity index (χ1) is 12.9. The highest BCUT2D eigenvalue weighted by Crippen LogP contribution is 2.23. The van der Waals surface area contributed by atoms with Crippen LogP contribution in [0.15, 0.2) is 71.9 Å². The summed E-state index contributed by atoms with van der Waals surface area (Å²) in [4.78, 5) is 12.5. The van der Waals surface area contributed by atoms with Crippen molar-refractivity contribution in [3.05, 3.63) is 77.9 Å². The van der Waals surface area contributed by atoms with E-state index in [1.807, 2.05) is 80.6 Å². The molecule has 0 saturated heterocycles. The number of fused-ring (bicyclic) bond motifs is 1. The van der Waals surface area contributed by atoms with Crippen LogP contribution in [0.25, 0.3) is 10.8 Å². The molecule has 0 fully saturated rings. The van der Waals surface area contributed by atoms with Crippen molar-refractivity contribution in [3.63, 3.8) is 0 Å². The van der Waals surface area contributed by atoms with Gasteiger partial charge in [-0.1, -0.05) is 53.7 Å². The molecule has 0 atom stereocenters. The van der Waals surface area contributed by atoms with Crippen LogP contribution >= 0.6 is 0 Å². The molecule has 0 saturated carbocycles. The van der Waals surface area contributed by atoms with Gasteiger partial charge in [0.05, 0.1) is 11.3 Å². The van der Waals surface area contributed by atoms with Crippen LogP contribution in [0.1, 0.15) is 31.9 Å². The van der Waals surface area contributed by atoms with Crippen LogP contribution in [-0.2, 0) is 5.54 Å². The normalized spacial score (nSPS) is 12.0. The molecule has 2 amide bonds. The molecule has 3 aromatic carbocycles. The molecule has 3 rings (SSSR count). The number of urea groups is 1. The largest absolute Gasteiger partial charge is 0.411 e. The molecule has 0 unspecified atom stereocenters. The molecule has 5 nitrogen and oxygen atoms in total. The Kier molecular flexibility index (Phi) is 5.12. The summed E-state index contributed by atoms with van der Waals surface area (Å²) < 4.78 is 0. The Bertz CT molecular complexity index is 1010. The minimum absolute atomic E-state index is 0.284. The first-order valence-electron chi connectivity index (χ1n) is 8.76. The highest BCUT2D eigenvalue weighted by molar-refractivity contribution is 5.98. The van der Waals surface area contributed by atoms with Crippen molar-refractivity contribution in [1.29, 1.82) is 0 Å². The maximum Gasteiger partial charge on any atom is 0.319 e. The number of nitrogens with zero attached hydrogens (tertiary/aromatic N) is 1. The minimum atomic E-state index is -0.604. The van der Waals surface area contributed by atoms with E-state index in [9.17, 15) is 4.79 Å². The fourth-order valence-corrected chi connectivity index (χ4v) is 2.98. The maximum atomic E-state index is 12.5. The lowest BCUT2D eigenvalue weighted by Crippen LogP contribution is -2.43. The summed E-state index contributed by atoms with van der Waals surface area (Å²) in [6.07, 6.45) is 0. The standard InChI is InChI=1S/C22H23N3O2/c1-15(25-27)17-9-6-10-19(13-17)22(2,3)24-21(26)23-20-12-11-16-7-4-5-8-18(16)14-20/h4-14,27H,1-3H3,(H2,23,24,26). The molecule has 3 N–H and O–H groups in total. The SMILES string of the molecule is CC(=NO)c1cccc(C(C)(C)NC(=O)Nc2ccc3ccccc3c2)c1. The van der Waals surface area contributed by atoms with Crippen molar-refractivity contribution in [2.24, 2.45) is 5.16 Å². The molecular formula is C22H23N3O2. The van der Waals surface area contributed by atoms with E-state index in [4.69, 9.17) is 5.21 Å². The lowest BCUT2D eigenvalue weighted by Gasteiger charge is -2.27. The van der Waals surface area contributed by atoms with E-state index in [1.54, 1.807) is 6.92 Å². The topological polar surface area (TPSA) is 73.7 Å². The Labute approximate surface area is 158 Å². The first-order valence-corrected chi connectivity index (χ1v) is 8.76. The second-order valence-electron chi connectivity index (χ2n) is 7.03. The number of nitrogens with one attached hydrogen (secondary N) is 2. The van der Waals surface area contributed by atoms with E-state index < -0.39 is 5.54 Å². The molecule has 0 aliphatic carbocycles. The molecule has 0 spiro atoms. The Morgan fingerprint density at radius 2 is 1.70 bits per heavy atom. The van der Waals surface area contributed by atoms with Gasteiger partial charge in [0.15, 0.2) is 0 Å². The quantitative estimate of drug-likeness (QED) is 0.344. The van der Waals surface area contributed by atoms with Crippen molar-refractivity contribution in [2.75, 3.05) is 5.32 Å². The Morgan fingerprint density at radius 1 is 0.963 bits per heavy atom. The summed E-state index contributed by atoms with van der Waals surface area (Å²) in [5.74, 6) is 0. The van der Waals surface area contributed by atoms with Crippen LogP contribution in [0.5, 0.6) is 0 Å². The lowest BCUT2D eigenvalue weighted by molar-refractivity contribution is 0.242. The monoisotopic (exact) mass is 361 g/mol. The van der Waals surface area contributed by atoms with Crippen LogP contribution in [0.2, 0.25) is 0 Å².